The molecule has 154 valence electrons. The van der Waals surface area contributed by atoms with E-state index in [2.05, 4.69) is 6.92 Å². The first-order chi connectivity index (χ1) is 14.5. The van der Waals surface area contributed by atoms with Crippen LogP contribution in [0.4, 0.5) is 0 Å². The van der Waals surface area contributed by atoms with E-state index >= 15 is 0 Å². The molecule has 1 aliphatic carbocycles. The molecule has 0 spiro atoms. The Balaban J connectivity index is 0.000000177. The van der Waals surface area contributed by atoms with Gasteiger partial charge < -0.3 is 14.7 Å². The van der Waals surface area contributed by atoms with Crippen molar-refractivity contribution in [3.05, 3.63) is 53.0 Å². The number of allylic oxidation sites excluding steroid dienone is 1. The first-order valence-corrected chi connectivity index (χ1v) is 21.8. The zero-order chi connectivity index (χ0) is 21.3. The zero-order valence-corrected chi connectivity index (χ0v) is 26.2. The molecule has 3 heterocycles. The Labute approximate surface area is 218 Å². The van der Waals surface area contributed by atoms with Gasteiger partial charge in [-0.15, -0.1) is 0 Å². The third kappa shape index (κ3) is 6.16. The SMILES string of the molecule is C[CH2][Hg][S]c1ccccc1C(=O)[O-].O=C1C=C(N2CC2)C(=O)C(N2CC2)=C1N1CC1.[Na+]. The van der Waals surface area contributed by atoms with Gasteiger partial charge in [-0.25, -0.2) is 0 Å². The zero-order valence-electron chi connectivity index (χ0n) is 17.9. The maximum absolute atomic E-state index is 12.4. The minimum atomic E-state index is -1.06. The Hall–Kier alpha value is -0.805. The van der Waals surface area contributed by atoms with Crippen molar-refractivity contribution in [2.45, 2.75) is 15.7 Å². The van der Waals surface area contributed by atoms with Crippen molar-refractivity contribution >= 4 is 25.8 Å². The van der Waals surface area contributed by atoms with E-state index in [0.717, 1.165) is 44.2 Å². The van der Waals surface area contributed by atoms with Crippen molar-refractivity contribution in [3.8, 4) is 0 Å². The van der Waals surface area contributed by atoms with Gasteiger partial charge in [0.1, 0.15) is 11.4 Å². The molecular weight excluding hydrogens is 614 g/mol. The fraction of sp³-hybridized carbons (Fsp3) is 0.381. The number of carboxylic acid groups (broad SMARTS) is 1. The summed E-state index contributed by atoms with van der Waals surface area (Å²) in [5.74, 6) is -1.01. The molecule has 0 aromatic heterocycles. The Morgan fingerprint density at radius 2 is 1.58 bits per heavy atom. The number of benzene rings is 1. The van der Waals surface area contributed by atoms with E-state index in [9.17, 15) is 19.5 Å². The van der Waals surface area contributed by atoms with E-state index in [1.807, 2.05) is 26.8 Å². The molecule has 31 heavy (non-hydrogen) atoms. The molecule has 7 nitrogen and oxygen atoms in total. The predicted molar refractivity (Wildman–Crippen MR) is 107 cm³/mol. The number of Topliss-reactive ketones (excluding diaryl/α,β-unsaturated/α-hetero) is 1. The molecule has 0 amide bonds. The van der Waals surface area contributed by atoms with Crippen LogP contribution in [0, 0.1) is 0 Å². The standard InChI is InChI=1S/C12H13N3O2.C7H6O2S.C2H5.Hg.Na/c16-9-7-8(13-1-2-13)12(17)11(15-5-6-15)10(9)14-3-4-14;8-7(9)5-3-1-2-4-6(5)10;1-2;;/h7H,1-6H2;1-4,10H,(H,8,9);1H2,2H3;;/q;;;2*+1/p-2. The molecule has 4 aliphatic rings. The van der Waals surface area contributed by atoms with Crippen LogP contribution in [-0.2, 0) is 32.6 Å². The van der Waals surface area contributed by atoms with Gasteiger partial charge in [0, 0.05) is 45.3 Å². The second-order valence-corrected chi connectivity index (χ2v) is 20.7. The van der Waals surface area contributed by atoms with Gasteiger partial charge in [0.15, 0.2) is 0 Å². The average molecular weight is 636 g/mol. The summed E-state index contributed by atoms with van der Waals surface area (Å²) in [5.41, 5.74) is 2.23. The molecule has 0 bridgehead atoms. The number of carbonyl (C=O) groups excluding carboxylic acids is 3. The Kier molecular flexibility index (Phi) is 8.71. The van der Waals surface area contributed by atoms with Crippen LogP contribution in [0.2, 0.25) is 3.93 Å². The first kappa shape index (κ1) is 24.8. The van der Waals surface area contributed by atoms with Crippen LogP contribution in [0.5, 0.6) is 0 Å². The molecule has 1 aromatic rings. The second-order valence-electron chi connectivity index (χ2n) is 7.51. The second kappa shape index (κ2) is 10.9. The molecule has 0 atom stereocenters. The average Bonchev–Trinajstić information content (AvgIpc) is 3.56. The van der Waals surface area contributed by atoms with Gasteiger partial charge in [-0.1, -0.05) is 0 Å². The van der Waals surface area contributed by atoms with Crippen molar-refractivity contribution in [2.24, 2.45) is 0 Å². The summed E-state index contributed by atoms with van der Waals surface area (Å²) >= 11 is -0.888. The smallest absolute Gasteiger partial charge is 0.365 e. The van der Waals surface area contributed by atoms with Gasteiger partial charge in [0.25, 0.3) is 0 Å². The van der Waals surface area contributed by atoms with Crippen LogP contribution in [0.25, 0.3) is 0 Å². The summed E-state index contributed by atoms with van der Waals surface area (Å²) in [6.45, 7) is 7.57. The topological polar surface area (TPSA) is 83.3 Å². The Morgan fingerprint density at radius 1 is 1.00 bits per heavy atom. The third-order valence-electron chi connectivity index (χ3n) is 5.06. The number of carbonyl (C=O) groups is 3. The third-order valence-corrected chi connectivity index (χ3v) is 17.1. The van der Waals surface area contributed by atoms with E-state index in [-0.39, 0.29) is 41.1 Å². The number of carboxylic acids is 1. The first-order valence-electron chi connectivity index (χ1n) is 10.2. The normalized spacial score (nSPS) is 18.5. The van der Waals surface area contributed by atoms with Crippen LogP contribution in [0.3, 0.4) is 0 Å². The quantitative estimate of drug-likeness (QED) is 0.189. The van der Waals surface area contributed by atoms with E-state index in [1.165, 1.54) is 10.0 Å². The van der Waals surface area contributed by atoms with Crippen LogP contribution < -0.4 is 34.7 Å². The molecule has 0 radical (unpaired) electrons. The van der Waals surface area contributed by atoms with Gasteiger partial charge in [0.05, 0.1) is 5.70 Å². The molecule has 0 unspecified atom stereocenters. The monoisotopic (exact) mass is 637 g/mol. The molecule has 0 N–H and O–H groups in total. The van der Waals surface area contributed by atoms with Gasteiger partial charge >= 0.3 is 122 Å². The fourth-order valence-corrected chi connectivity index (χ4v) is 12.0. The molecular formula is C21H22HgN3NaO4S. The fourth-order valence-electron chi connectivity index (χ4n) is 3.25. The summed E-state index contributed by atoms with van der Waals surface area (Å²) in [4.78, 5) is 42.0. The van der Waals surface area contributed by atoms with Crippen molar-refractivity contribution in [3.63, 3.8) is 0 Å². The molecule has 5 rings (SSSR count). The van der Waals surface area contributed by atoms with E-state index < -0.39 is 29.0 Å². The van der Waals surface area contributed by atoms with E-state index in [1.54, 1.807) is 20.4 Å². The number of aromatic carboxylic acids is 1. The van der Waals surface area contributed by atoms with Crippen molar-refractivity contribution < 1.29 is 72.1 Å². The summed E-state index contributed by atoms with van der Waals surface area (Å²) in [5, 5.41) is 10.7. The van der Waals surface area contributed by atoms with Crippen molar-refractivity contribution in [2.75, 3.05) is 39.3 Å². The molecule has 10 heteroatoms. The number of hydrogen-bond donors (Lipinski definition) is 0. The van der Waals surface area contributed by atoms with Gasteiger partial charge in [-0.3, -0.25) is 9.59 Å². The van der Waals surface area contributed by atoms with E-state index in [4.69, 9.17) is 0 Å². The summed E-state index contributed by atoms with van der Waals surface area (Å²) < 4.78 is 1.26. The van der Waals surface area contributed by atoms with Crippen LogP contribution in [-0.4, -0.2) is 71.5 Å². The largest absolute Gasteiger partial charge is 1.00 e. The minimum absolute atomic E-state index is 0. The van der Waals surface area contributed by atoms with Gasteiger partial charge in [0.2, 0.25) is 11.6 Å². The van der Waals surface area contributed by atoms with Crippen LogP contribution in [0.15, 0.2) is 52.3 Å². The Bertz CT molecular complexity index is 956. The van der Waals surface area contributed by atoms with Gasteiger partial charge in [-0.2, -0.15) is 0 Å². The molecule has 1 aromatic carbocycles. The van der Waals surface area contributed by atoms with E-state index in [0.29, 0.717) is 22.7 Å². The minimum Gasteiger partial charge on any atom is -0.365 e. The number of hydrogen-bond acceptors (Lipinski definition) is 8. The molecule has 3 saturated heterocycles. The summed E-state index contributed by atoms with van der Waals surface area (Å²) in [6, 6.07) is 7.09. The number of nitrogens with zero attached hydrogens (tertiary/aromatic N) is 3. The van der Waals surface area contributed by atoms with Crippen molar-refractivity contribution in [1.82, 2.24) is 14.7 Å². The summed E-state index contributed by atoms with van der Waals surface area (Å²) in [6.07, 6.45) is 1.52. The van der Waals surface area contributed by atoms with Crippen LogP contribution >= 0.6 is 8.24 Å². The maximum Gasteiger partial charge on any atom is 1.00 e. The van der Waals surface area contributed by atoms with Crippen molar-refractivity contribution in [1.29, 1.82) is 0 Å². The molecule has 3 fully saturated rings. The summed E-state index contributed by atoms with van der Waals surface area (Å²) in [7, 11) is 1.78. The molecule has 3 aliphatic heterocycles. The molecule has 0 saturated carbocycles. The van der Waals surface area contributed by atoms with Gasteiger partial charge in [-0.05, 0) is 0 Å². The number of ketones is 2. The Morgan fingerprint density at radius 3 is 2.13 bits per heavy atom. The maximum atomic E-state index is 12.4. The predicted octanol–water partition coefficient (Wildman–Crippen LogP) is -2.24. The number of rotatable bonds is 7. The van der Waals surface area contributed by atoms with Crippen LogP contribution in [0.1, 0.15) is 17.3 Å².